The number of benzene rings is 1. The number of nitrogens with zero attached hydrogens (tertiary/aromatic N) is 1. The Morgan fingerprint density at radius 3 is 2.62 bits per heavy atom. The van der Waals surface area contributed by atoms with E-state index in [4.69, 9.17) is 9.47 Å². The van der Waals surface area contributed by atoms with E-state index in [0.29, 0.717) is 30.8 Å². The summed E-state index contributed by atoms with van der Waals surface area (Å²) in [7, 11) is 0. The highest BCUT2D eigenvalue weighted by Crippen LogP contribution is 2.15. The average Bonchev–Trinajstić information content (AvgIpc) is 3.13. The fourth-order valence-corrected chi connectivity index (χ4v) is 2.85. The SMILES string of the molecule is C=C(C)N1CCC(NCc2ccccc2)C1.C=C/C=C1/OCCOC1=C. The van der Waals surface area contributed by atoms with Gasteiger partial charge in [0.1, 0.15) is 13.2 Å². The van der Waals surface area contributed by atoms with Gasteiger partial charge in [-0.2, -0.15) is 0 Å². The van der Waals surface area contributed by atoms with E-state index in [0.717, 1.165) is 19.6 Å². The molecule has 26 heavy (non-hydrogen) atoms. The van der Waals surface area contributed by atoms with Gasteiger partial charge in [-0.15, -0.1) is 0 Å². The lowest BCUT2D eigenvalue weighted by Gasteiger charge is -2.18. The Morgan fingerprint density at radius 1 is 1.27 bits per heavy atom. The van der Waals surface area contributed by atoms with Crippen LogP contribution >= 0.6 is 0 Å². The second-order valence-electron chi connectivity index (χ2n) is 6.42. The van der Waals surface area contributed by atoms with Gasteiger partial charge in [-0.25, -0.2) is 0 Å². The van der Waals surface area contributed by atoms with Crippen molar-refractivity contribution in [3.05, 3.63) is 85.0 Å². The first kappa shape index (κ1) is 19.9. The highest BCUT2D eigenvalue weighted by Gasteiger charge is 2.20. The van der Waals surface area contributed by atoms with E-state index in [9.17, 15) is 0 Å². The van der Waals surface area contributed by atoms with E-state index < -0.39 is 0 Å². The molecule has 0 saturated carbocycles. The van der Waals surface area contributed by atoms with Crippen LogP contribution in [0.15, 0.2) is 79.4 Å². The van der Waals surface area contributed by atoms with Crippen LogP contribution in [0, 0.1) is 0 Å². The van der Waals surface area contributed by atoms with E-state index >= 15 is 0 Å². The summed E-state index contributed by atoms with van der Waals surface area (Å²) in [6.45, 7) is 17.7. The summed E-state index contributed by atoms with van der Waals surface area (Å²) in [5, 5.41) is 3.60. The predicted molar refractivity (Wildman–Crippen MR) is 107 cm³/mol. The third-order valence-corrected chi connectivity index (χ3v) is 4.33. The van der Waals surface area contributed by atoms with Crippen molar-refractivity contribution in [1.82, 2.24) is 10.2 Å². The maximum absolute atomic E-state index is 5.20. The quantitative estimate of drug-likeness (QED) is 0.866. The number of hydrogen-bond donors (Lipinski definition) is 1. The average molecular weight is 354 g/mol. The van der Waals surface area contributed by atoms with Crippen molar-refractivity contribution < 1.29 is 9.47 Å². The van der Waals surface area contributed by atoms with Crippen LogP contribution in [0.5, 0.6) is 0 Å². The Labute approximate surface area is 157 Å². The van der Waals surface area contributed by atoms with Crippen molar-refractivity contribution >= 4 is 0 Å². The van der Waals surface area contributed by atoms with E-state index in [1.54, 1.807) is 12.2 Å². The Hall–Kier alpha value is -2.46. The van der Waals surface area contributed by atoms with Gasteiger partial charge in [0.15, 0.2) is 11.5 Å². The van der Waals surface area contributed by atoms with Gasteiger partial charge < -0.3 is 19.7 Å². The van der Waals surface area contributed by atoms with Gasteiger partial charge >= 0.3 is 0 Å². The lowest BCUT2D eigenvalue weighted by atomic mass is 10.2. The number of rotatable bonds is 5. The zero-order chi connectivity index (χ0) is 18.8. The lowest BCUT2D eigenvalue weighted by Crippen LogP contribution is -2.31. The Kier molecular flexibility index (Phi) is 8.03. The molecule has 2 aliphatic rings. The molecule has 0 aliphatic carbocycles. The fraction of sp³-hybridized carbons (Fsp3) is 0.364. The molecule has 0 spiro atoms. The highest BCUT2D eigenvalue weighted by molar-refractivity contribution is 5.22. The molecule has 3 rings (SSSR count). The molecule has 1 aromatic carbocycles. The van der Waals surface area contributed by atoms with Crippen LogP contribution in [-0.2, 0) is 16.0 Å². The molecule has 2 fully saturated rings. The number of allylic oxidation sites excluding steroid dienone is 3. The summed E-state index contributed by atoms with van der Waals surface area (Å²) >= 11 is 0. The van der Waals surface area contributed by atoms with Gasteiger partial charge in [0, 0.05) is 31.4 Å². The molecule has 1 atom stereocenters. The van der Waals surface area contributed by atoms with Crippen LogP contribution in [0.4, 0.5) is 0 Å². The molecule has 1 unspecified atom stereocenters. The summed E-state index contributed by atoms with van der Waals surface area (Å²) in [6, 6.07) is 11.2. The topological polar surface area (TPSA) is 33.7 Å². The molecule has 1 N–H and O–H groups in total. The molecule has 2 aliphatic heterocycles. The smallest absolute Gasteiger partial charge is 0.160 e. The number of likely N-dealkylation sites (tertiary alicyclic amines) is 1. The molecule has 4 nitrogen and oxygen atoms in total. The lowest BCUT2D eigenvalue weighted by molar-refractivity contribution is 0.0606. The minimum absolute atomic E-state index is 0.589. The second-order valence-corrected chi connectivity index (χ2v) is 6.42. The van der Waals surface area contributed by atoms with Crippen molar-refractivity contribution in [2.45, 2.75) is 25.9 Å². The first-order valence-corrected chi connectivity index (χ1v) is 9.05. The summed E-state index contributed by atoms with van der Waals surface area (Å²) in [4.78, 5) is 2.35. The molecule has 140 valence electrons. The van der Waals surface area contributed by atoms with E-state index in [1.807, 2.05) is 0 Å². The Morgan fingerprint density at radius 2 is 2.00 bits per heavy atom. The first-order chi connectivity index (χ1) is 12.6. The Bertz CT molecular complexity index is 637. The van der Waals surface area contributed by atoms with Gasteiger partial charge in [-0.3, -0.25) is 0 Å². The largest absolute Gasteiger partial charge is 0.487 e. The summed E-state index contributed by atoms with van der Waals surface area (Å²) in [5.74, 6) is 1.27. The van der Waals surface area contributed by atoms with Crippen LogP contribution < -0.4 is 5.32 Å². The fourth-order valence-electron chi connectivity index (χ4n) is 2.85. The van der Waals surface area contributed by atoms with Crippen molar-refractivity contribution in [1.29, 1.82) is 0 Å². The van der Waals surface area contributed by atoms with Crippen LogP contribution in [0.1, 0.15) is 18.9 Å². The molecule has 1 aromatic rings. The number of nitrogens with one attached hydrogen (secondary N) is 1. The van der Waals surface area contributed by atoms with Gasteiger partial charge in [0.25, 0.3) is 0 Å². The van der Waals surface area contributed by atoms with Crippen molar-refractivity contribution in [3.8, 4) is 0 Å². The zero-order valence-corrected chi connectivity index (χ0v) is 15.7. The molecular weight excluding hydrogens is 324 g/mol. The number of hydrogen-bond acceptors (Lipinski definition) is 4. The minimum atomic E-state index is 0.589. The molecule has 0 bridgehead atoms. The summed E-state index contributed by atoms with van der Waals surface area (Å²) in [6.07, 6.45) is 4.61. The number of ether oxygens (including phenoxy) is 2. The Balaban J connectivity index is 0.000000209. The first-order valence-electron chi connectivity index (χ1n) is 9.05. The summed E-state index contributed by atoms with van der Waals surface area (Å²) < 4.78 is 10.3. The monoisotopic (exact) mass is 354 g/mol. The van der Waals surface area contributed by atoms with E-state index in [2.05, 4.69) is 67.2 Å². The molecule has 2 heterocycles. The third-order valence-electron chi connectivity index (χ3n) is 4.33. The van der Waals surface area contributed by atoms with E-state index in [-0.39, 0.29) is 0 Å². The minimum Gasteiger partial charge on any atom is -0.487 e. The van der Waals surface area contributed by atoms with Crippen molar-refractivity contribution in [2.75, 3.05) is 26.3 Å². The summed E-state index contributed by atoms with van der Waals surface area (Å²) in [5.41, 5.74) is 2.54. The maximum atomic E-state index is 5.20. The third kappa shape index (κ3) is 6.45. The predicted octanol–water partition coefficient (Wildman–Crippen LogP) is 4.00. The van der Waals surface area contributed by atoms with Gasteiger partial charge in [0.05, 0.1) is 0 Å². The van der Waals surface area contributed by atoms with Gasteiger partial charge in [0.2, 0.25) is 0 Å². The molecular formula is C22H30N2O2. The standard InChI is InChI=1S/C14H20N2.C8H10O2/c1-12(2)16-9-8-14(11-16)15-10-13-6-4-3-5-7-13;1-3-4-8-7(2)9-5-6-10-8/h3-7,14-15H,1,8-11H2,2H3;3-4H,1-2,5-6H2/b;8-4+. The zero-order valence-electron chi connectivity index (χ0n) is 15.7. The van der Waals surface area contributed by atoms with Crippen LogP contribution in [0.2, 0.25) is 0 Å². The molecule has 0 aromatic heterocycles. The highest BCUT2D eigenvalue weighted by atomic mass is 16.6. The van der Waals surface area contributed by atoms with Crippen LogP contribution in [0.3, 0.4) is 0 Å². The van der Waals surface area contributed by atoms with Gasteiger partial charge in [-0.1, -0.05) is 56.1 Å². The van der Waals surface area contributed by atoms with Gasteiger partial charge in [-0.05, 0) is 25.0 Å². The molecule has 4 heteroatoms. The normalized spacial score (nSPS) is 20.7. The van der Waals surface area contributed by atoms with Crippen LogP contribution in [-0.4, -0.2) is 37.2 Å². The van der Waals surface area contributed by atoms with Crippen molar-refractivity contribution in [3.63, 3.8) is 0 Å². The maximum Gasteiger partial charge on any atom is 0.160 e. The van der Waals surface area contributed by atoms with Crippen molar-refractivity contribution in [2.24, 2.45) is 0 Å². The molecule has 0 amide bonds. The van der Waals surface area contributed by atoms with E-state index in [1.165, 1.54) is 17.7 Å². The second kappa shape index (κ2) is 10.5. The molecule has 2 saturated heterocycles. The molecule has 0 radical (unpaired) electrons. The van der Waals surface area contributed by atoms with Crippen LogP contribution in [0.25, 0.3) is 0 Å².